The molecular weight excluding hydrogens is 228 g/mol. The van der Waals surface area contributed by atoms with E-state index in [1.807, 2.05) is 0 Å². The van der Waals surface area contributed by atoms with Crippen LogP contribution in [0.4, 0.5) is 30.7 Å². The highest BCUT2D eigenvalue weighted by Crippen LogP contribution is 2.48. The highest BCUT2D eigenvalue weighted by atomic mass is 35.5. The van der Waals surface area contributed by atoms with Crippen molar-refractivity contribution in [1.82, 2.24) is 0 Å². The molecule has 0 spiro atoms. The Morgan fingerprint density at radius 2 is 1.23 bits per heavy atom. The Kier molecular flexibility index (Phi) is 3.13. The predicted molar refractivity (Wildman–Crippen MR) is 31.0 cm³/mol. The fourth-order valence-electron chi connectivity index (χ4n) is 0.451. The summed E-state index contributed by atoms with van der Waals surface area (Å²) in [5.41, 5.74) is 0. The maximum atomic E-state index is 12.1. The van der Waals surface area contributed by atoms with Crippen molar-refractivity contribution in [3.63, 3.8) is 0 Å². The SMILES string of the molecule is CC(C(F)(F)Cl)C(F)(F)C(F)(F)F. The molecule has 0 bridgehead atoms. The van der Waals surface area contributed by atoms with Crippen LogP contribution >= 0.6 is 11.6 Å². The molecule has 0 rings (SSSR count). The standard InChI is InChI=1S/C5H4ClF7/c1-2(4(6,9)10)3(7,8)5(11,12)13/h2H,1H3. The molecular formula is C5H4ClF7. The topological polar surface area (TPSA) is 0 Å². The molecule has 0 saturated heterocycles. The normalized spacial score (nSPS) is 17.3. The number of halogens is 8. The van der Waals surface area contributed by atoms with Gasteiger partial charge in [-0.25, -0.2) is 0 Å². The average Bonchev–Trinajstić information content (AvgIpc) is 1.81. The Balaban J connectivity index is 4.86. The Morgan fingerprint density at radius 1 is 0.923 bits per heavy atom. The molecule has 1 atom stereocenters. The molecule has 0 radical (unpaired) electrons. The summed E-state index contributed by atoms with van der Waals surface area (Å²) in [6.07, 6.45) is -6.02. The summed E-state index contributed by atoms with van der Waals surface area (Å²) in [4.78, 5) is 0. The lowest BCUT2D eigenvalue weighted by atomic mass is 10.0. The smallest absolute Gasteiger partial charge is 0.196 e. The van der Waals surface area contributed by atoms with Crippen LogP contribution in [0.15, 0.2) is 0 Å². The van der Waals surface area contributed by atoms with Gasteiger partial charge in [0.15, 0.2) is 0 Å². The van der Waals surface area contributed by atoms with E-state index >= 15 is 0 Å². The van der Waals surface area contributed by atoms with Crippen LogP contribution in [0.3, 0.4) is 0 Å². The molecule has 13 heavy (non-hydrogen) atoms. The van der Waals surface area contributed by atoms with Gasteiger partial charge in [-0.1, -0.05) is 0 Å². The molecule has 80 valence electrons. The van der Waals surface area contributed by atoms with E-state index in [0.717, 1.165) is 0 Å². The molecule has 0 aliphatic carbocycles. The number of hydrogen-bond donors (Lipinski definition) is 0. The molecule has 8 heteroatoms. The molecule has 1 unspecified atom stereocenters. The van der Waals surface area contributed by atoms with E-state index in [9.17, 15) is 30.7 Å². The molecule has 0 aromatic rings. The molecule has 0 N–H and O–H groups in total. The summed E-state index contributed by atoms with van der Waals surface area (Å²) in [5, 5.41) is -4.60. The maximum Gasteiger partial charge on any atom is 0.453 e. The number of hydrogen-bond acceptors (Lipinski definition) is 0. The van der Waals surface area contributed by atoms with Crippen molar-refractivity contribution in [2.24, 2.45) is 5.92 Å². The highest BCUT2D eigenvalue weighted by Gasteiger charge is 2.66. The van der Waals surface area contributed by atoms with E-state index in [-0.39, 0.29) is 6.92 Å². The van der Waals surface area contributed by atoms with Crippen LogP contribution in [-0.4, -0.2) is 17.5 Å². The lowest BCUT2D eigenvalue weighted by Gasteiger charge is -2.28. The molecule has 0 aromatic heterocycles. The predicted octanol–water partition coefficient (Wildman–Crippen LogP) is 3.65. The Labute approximate surface area is 73.7 Å². The van der Waals surface area contributed by atoms with Crippen LogP contribution < -0.4 is 0 Å². The zero-order valence-corrected chi connectivity index (χ0v) is 6.86. The van der Waals surface area contributed by atoms with Crippen LogP contribution in [0.1, 0.15) is 6.92 Å². The largest absolute Gasteiger partial charge is 0.453 e. The molecule has 0 nitrogen and oxygen atoms in total. The van der Waals surface area contributed by atoms with E-state index in [1.165, 1.54) is 0 Å². The van der Waals surface area contributed by atoms with Gasteiger partial charge in [0, 0.05) is 0 Å². The summed E-state index contributed by atoms with van der Waals surface area (Å²) in [7, 11) is 0. The molecule has 0 aliphatic rings. The molecule has 0 aromatic carbocycles. The second-order valence-electron chi connectivity index (χ2n) is 2.38. The van der Waals surface area contributed by atoms with Crippen LogP contribution in [0, 0.1) is 5.92 Å². The molecule has 0 aliphatic heterocycles. The van der Waals surface area contributed by atoms with Crippen molar-refractivity contribution in [1.29, 1.82) is 0 Å². The van der Waals surface area contributed by atoms with Crippen molar-refractivity contribution in [3.8, 4) is 0 Å². The van der Waals surface area contributed by atoms with Crippen LogP contribution in [0.25, 0.3) is 0 Å². The van der Waals surface area contributed by atoms with Gasteiger partial charge in [0.05, 0.1) is 0 Å². The third kappa shape index (κ3) is 2.62. The first kappa shape index (κ1) is 12.8. The molecule has 0 fully saturated rings. The van der Waals surface area contributed by atoms with Crippen LogP contribution in [0.5, 0.6) is 0 Å². The third-order valence-corrected chi connectivity index (χ3v) is 1.74. The summed E-state index contributed by atoms with van der Waals surface area (Å²) >= 11 is 4.06. The maximum absolute atomic E-state index is 12.1. The van der Waals surface area contributed by atoms with Crippen molar-refractivity contribution >= 4 is 11.6 Å². The highest BCUT2D eigenvalue weighted by molar-refractivity contribution is 6.21. The van der Waals surface area contributed by atoms with Crippen molar-refractivity contribution in [3.05, 3.63) is 0 Å². The quantitative estimate of drug-likeness (QED) is 0.504. The van der Waals surface area contributed by atoms with E-state index in [2.05, 4.69) is 11.6 Å². The van der Waals surface area contributed by atoms with Gasteiger partial charge >= 0.3 is 17.5 Å². The Bertz CT molecular complexity index is 178. The minimum absolute atomic E-state index is 0.0283. The minimum atomic E-state index is -6.02. The average molecular weight is 233 g/mol. The molecule has 0 heterocycles. The van der Waals surface area contributed by atoms with E-state index in [0.29, 0.717) is 0 Å². The van der Waals surface area contributed by atoms with E-state index in [4.69, 9.17) is 0 Å². The van der Waals surface area contributed by atoms with Gasteiger partial charge in [-0.05, 0) is 18.5 Å². The zero-order valence-electron chi connectivity index (χ0n) is 6.10. The zero-order chi connectivity index (χ0) is 11.1. The van der Waals surface area contributed by atoms with Crippen molar-refractivity contribution in [2.45, 2.75) is 24.4 Å². The third-order valence-electron chi connectivity index (χ3n) is 1.41. The van der Waals surface area contributed by atoms with Gasteiger partial charge in [-0.3, -0.25) is 0 Å². The number of rotatable bonds is 2. The van der Waals surface area contributed by atoms with Crippen molar-refractivity contribution in [2.75, 3.05) is 0 Å². The monoisotopic (exact) mass is 232 g/mol. The first-order valence-corrected chi connectivity index (χ1v) is 3.29. The summed E-state index contributed by atoms with van der Waals surface area (Å²) in [6, 6.07) is 0. The van der Waals surface area contributed by atoms with Crippen molar-refractivity contribution < 1.29 is 30.7 Å². The fraction of sp³-hybridized carbons (Fsp3) is 1.00. The molecule has 0 amide bonds. The summed E-state index contributed by atoms with van der Waals surface area (Å²) in [5.74, 6) is -8.81. The van der Waals surface area contributed by atoms with E-state index < -0.39 is 23.4 Å². The van der Waals surface area contributed by atoms with E-state index in [1.54, 1.807) is 0 Å². The van der Waals surface area contributed by atoms with Crippen LogP contribution in [0.2, 0.25) is 0 Å². The first-order valence-electron chi connectivity index (χ1n) is 2.92. The number of alkyl halides is 8. The second kappa shape index (κ2) is 3.18. The lowest BCUT2D eigenvalue weighted by molar-refractivity contribution is -0.315. The van der Waals surface area contributed by atoms with Gasteiger partial charge in [0.1, 0.15) is 5.92 Å². The van der Waals surface area contributed by atoms with Gasteiger partial charge in [-0.15, -0.1) is 0 Å². The first-order chi connectivity index (χ1) is 5.40. The van der Waals surface area contributed by atoms with Crippen LogP contribution in [-0.2, 0) is 0 Å². The minimum Gasteiger partial charge on any atom is -0.196 e. The van der Waals surface area contributed by atoms with Gasteiger partial charge in [0.25, 0.3) is 0 Å². The fourth-order valence-corrected chi connectivity index (χ4v) is 0.588. The summed E-state index contributed by atoms with van der Waals surface area (Å²) < 4.78 is 82.5. The van der Waals surface area contributed by atoms with Gasteiger partial charge < -0.3 is 0 Å². The Morgan fingerprint density at radius 3 is 1.31 bits per heavy atom. The Hall–Kier alpha value is -0.200. The molecule has 0 saturated carbocycles. The lowest BCUT2D eigenvalue weighted by Crippen LogP contribution is -2.47. The van der Waals surface area contributed by atoms with Gasteiger partial charge in [-0.2, -0.15) is 30.7 Å². The summed E-state index contributed by atoms with van der Waals surface area (Å²) in [6.45, 7) is 0.0283. The van der Waals surface area contributed by atoms with Gasteiger partial charge in [0.2, 0.25) is 0 Å². The second-order valence-corrected chi connectivity index (χ2v) is 2.89.